The van der Waals surface area contributed by atoms with Gasteiger partial charge in [0.05, 0.1) is 18.7 Å². The molecule has 1 aromatic heterocycles. The molecule has 3 aromatic carbocycles. The summed E-state index contributed by atoms with van der Waals surface area (Å²) in [6.45, 7) is 2.38. The van der Waals surface area contributed by atoms with Crippen molar-refractivity contribution in [3.8, 4) is 0 Å². The number of pyridine rings is 1. The van der Waals surface area contributed by atoms with E-state index in [1.807, 2.05) is 79.7 Å². The number of carbonyl (C=O) groups is 2. The molecule has 0 aliphatic rings. The van der Waals surface area contributed by atoms with E-state index in [0.717, 1.165) is 39.6 Å². The van der Waals surface area contributed by atoms with E-state index in [2.05, 4.69) is 10.3 Å². The first-order chi connectivity index (χ1) is 17.0. The number of amides is 1. The molecular formula is C29H27ClN2O3. The van der Waals surface area contributed by atoms with Crippen molar-refractivity contribution in [2.24, 2.45) is 0 Å². The van der Waals surface area contributed by atoms with E-state index in [1.165, 1.54) is 7.11 Å². The van der Waals surface area contributed by atoms with E-state index in [9.17, 15) is 9.59 Å². The minimum absolute atomic E-state index is 0.102. The van der Waals surface area contributed by atoms with Crippen molar-refractivity contribution in [1.82, 2.24) is 10.3 Å². The molecule has 0 bridgehead atoms. The summed E-state index contributed by atoms with van der Waals surface area (Å²) in [6, 6.07) is 23.2. The van der Waals surface area contributed by atoms with Gasteiger partial charge >= 0.3 is 5.97 Å². The maximum Gasteiger partial charge on any atom is 0.312 e. The van der Waals surface area contributed by atoms with Gasteiger partial charge in [-0.25, -0.2) is 0 Å². The van der Waals surface area contributed by atoms with Crippen LogP contribution in [-0.2, 0) is 22.4 Å². The van der Waals surface area contributed by atoms with Crippen molar-refractivity contribution in [2.75, 3.05) is 13.7 Å². The molecule has 0 saturated carbocycles. The van der Waals surface area contributed by atoms with Crippen LogP contribution in [-0.4, -0.2) is 30.5 Å². The van der Waals surface area contributed by atoms with Gasteiger partial charge in [-0.1, -0.05) is 60.1 Å². The van der Waals surface area contributed by atoms with E-state index < -0.39 is 5.92 Å². The van der Waals surface area contributed by atoms with Gasteiger partial charge in [-0.15, -0.1) is 0 Å². The largest absolute Gasteiger partial charge is 0.469 e. The van der Waals surface area contributed by atoms with Gasteiger partial charge in [0.15, 0.2) is 0 Å². The summed E-state index contributed by atoms with van der Waals surface area (Å²) in [4.78, 5) is 29.3. The fourth-order valence-corrected chi connectivity index (χ4v) is 4.23. The summed E-state index contributed by atoms with van der Waals surface area (Å²) in [6.07, 6.45) is 3.12. The van der Waals surface area contributed by atoms with Gasteiger partial charge in [0, 0.05) is 35.1 Å². The second-order valence-corrected chi connectivity index (χ2v) is 8.89. The molecule has 0 aliphatic heterocycles. The number of carbonyl (C=O) groups excluding carboxylic acids is 2. The molecule has 0 radical (unpaired) electrons. The van der Waals surface area contributed by atoms with Crippen molar-refractivity contribution < 1.29 is 14.3 Å². The van der Waals surface area contributed by atoms with Crippen LogP contribution >= 0.6 is 11.6 Å². The molecule has 0 spiro atoms. The van der Waals surface area contributed by atoms with Crippen molar-refractivity contribution in [2.45, 2.75) is 25.7 Å². The maximum atomic E-state index is 12.5. The van der Waals surface area contributed by atoms with Crippen LogP contribution in [0.4, 0.5) is 0 Å². The van der Waals surface area contributed by atoms with Gasteiger partial charge in [0.25, 0.3) is 5.91 Å². The van der Waals surface area contributed by atoms with Crippen LogP contribution in [0, 0.1) is 0 Å². The Hall–Kier alpha value is -3.70. The Kier molecular flexibility index (Phi) is 7.78. The number of methoxy groups -OCH3 is 1. The molecule has 4 rings (SSSR count). The first kappa shape index (κ1) is 24.4. The Morgan fingerprint density at radius 1 is 0.943 bits per heavy atom. The zero-order valence-corrected chi connectivity index (χ0v) is 20.5. The van der Waals surface area contributed by atoms with Crippen molar-refractivity contribution in [3.63, 3.8) is 0 Å². The third kappa shape index (κ3) is 5.87. The molecule has 1 atom stereocenters. The van der Waals surface area contributed by atoms with E-state index >= 15 is 0 Å². The molecular weight excluding hydrogens is 460 g/mol. The molecule has 0 saturated heterocycles. The third-order valence-corrected chi connectivity index (χ3v) is 6.38. The number of benzene rings is 3. The number of halogens is 1. The molecule has 5 nitrogen and oxygen atoms in total. The third-order valence-electron chi connectivity index (χ3n) is 6.13. The highest BCUT2D eigenvalue weighted by molar-refractivity contribution is 6.30. The minimum atomic E-state index is -0.399. The van der Waals surface area contributed by atoms with Crippen molar-refractivity contribution >= 4 is 34.2 Å². The standard InChI is InChI=1S/C29H27ClN2O3/c1-19(29(34)35-2)26-18-32-27(25-6-4-3-5-24(25)26)17-21-7-11-22(12-8-21)28(33)31-16-15-20-9-13-23(30)14-10-20/h3-14,18-19H,15-17H2,1-2H3,(H,31,33). The summed E-state index contributed by atoms with van der Waals surface area (Å²) in [5, 5.41) is 5.66. The SMILES string of the molecule is COC(=O)C(C)c1cnc(Cc2ccc(C(=O)NCCc3ccc(Cl)cc3)cc2)c2ccccc12. The van der Waals surface area contributed by atoms with Crippen LogP contribution in [0.2, 0.25) is 5.02 Å². The highest BCUT2D eigenvalue weighted by atomic mass is 35.5. The van der Waals surface area contributed by atoms with Gasteiger partial charge in [-0.05, 0) is 59.7 Å². The number of aromatic nitrogens is 1. The Balaban J connectivity index is 1.43. The lowest BCUT2D eigenvalue weighted by molar-refractivity contribution is -0.141. The number of esters is 1. The highest BCUT2D eigenvalue weighted by Crippen LogP contribution is 2.28. The Morgan fingerprint density at radius 3 is 2.29 bits per heavy atom. The first-order valence-electron chi connectivity index (χ1n) is 11.5. The van der Waals surface area contributed by atoms with Crippen LogP contribution < -0.4 is 5.32 Å². The normalized spacial score (nSPS) is 11.7. The van der Waals surface area contributed by atoms with Crippen LogP contribution in [0.15, 0.2) is 79.0 Å². The summed E-state index contributed by atoms with van der Waals surface area (Å²) in [5.74, 6) is -0.786. The summed E-state index contributed by atoms with van der Waals surface area (Å²) >= 11 is 5.91. The molecule has 1 unspecified atom stereocenters. The average molecular weight is 487 g/mol. The fourth-order valence-electron chi connectivity index (χ4n) is 4.10. The van der Waals surface area contributed by atoms with Gasteiger partial charge in [-0.3, -0.25) is 14.6 Å². The van der Waals surface area contributed by atoms with E-state index in [4.69, 9.17) is 16.3 Å². The number of rotatable bonds is 8. The van der Waals surface area contributed by atoms with Crippen LogP contribution in [0.5, 0.6) is 0 Å². The number of hydrogen-bond acceptors (Lipinski definition) is 4. The predicted molar refractivity (Wildman–Crippen MR) is 139 cm³/mol. The van der Waals surface area contributed by atoms with Crippen LogP contribution in [0.3, 0.4) is 0 Å². The van der Waals surface area contributed by atoms with E-state index in [1.54, 1.807) is 6.20 Å². The first-order valence-corrected chi connectivity index (χ1v) is 11.9. The molecule has 35 heavy (non-hydrogen) atoms. The maximum absolute atomic E-state index is 12.5. The van der Waals surface area contributed by atoms with Crippen LogP contribution in [0.1, 0.15) is 45.6 Å². The van der Waals surface area contributed by atoms with Gasteiger partial charge in [0.1, 0.15) is 0 Å². The van der Waals surface area contributed by atoms with Crippen LogP contribution in [0.25, 0.3) is 10.8 Å². The van der Waals surface area contributed by atoms with Crippen molar-refractivity contribution in [1.29, 1.82) is 0 Å². The molecule has 6 heteroatoms. The highest BCUT2D eigenvalue weighted by Gasteiger charge is 2.20. The number of fused-ring (bicyclic) bond motifs is 1. The minimum Gasteiger partial charge on any atom is -0.469 e. The molecule has 1 amide bonds. The molecule has 1 heterocycles. The summed E-state index contributed by atoms with van der Waals surface area (Å²) < 4.78 is 4.92. The number of nitrogens with zero attached hydrogens (tertiary/aromatic N) is 1. The van der Waals surface area contributed by atoms with Gasteiger partial charge in [0.2, 0.25) is 0 Å². The number of ether oxygens (including phenoxy) is 1. The zero-order valence-electron chi connectivity index (χ0n) is 19.8. The van der Waals surface area contributed by atoms with E-state index in [-0.39, 0.29) is 11.9 Å². The second kappa shape index (κ2) is 11.2. The quantitative estimate of drug-likeness (QED) is 0.323. The zero-order chi connectivity index (χ0) is 24.8. The molecule has 0 aliphatic carbocycles. The predicted octanol–water partition coefficient (Wildman–Crippen LogP) is 5.73. The number of hydrogen-bond donors (Lipinski definition) is 1. The Bertz CT molecular complexity index is 1330. The summed E-state index contributed by atoms with van der Waals surface area (Å²) in [5.41, 5.74) is 4.55. The lowest BCUT2D eigenvalue weighted by Gasteiger charge is -2.15. The lowest BCUT2D eigenvalue weighted by atomic mass is 9.94. The van der Waals surface area contributed by atoms with Gasteiger partial charge < -0.3 is 10.1 Å². The second-order valence-electron chi connectivity index (χ2n) is 8.46. The summed E-state index contributed by atoms with van der Waals surface area (Å²) in [7, 11) is 1.40. The van der Waals surface area contributed by atoms with Crippen molar-refractivity contribution in [3.05, 3.63) is 112 Å². The Morgan fingerprint density at radius 2 is 1.60 bits per heavy atom. The smallest absolute Gasteiger partial charge is 0.312 e. The van der Waals surface area contributed by atoms with E-state index in [0.29, 0.717) is 23.6 Å². The fraction of sp³-hybridized carbons (Fsp3) is 0.207. The average Bonchev–Trinajstić information content (AvgIpc) is 2.89. The van der Waals surface area contributed by atoms with Gasteiger partial charge in [-0.2, -0.15) is 0 Å². The molecule has 178 valence electrons. The topological polar surface area (TPSA) is 68.3 Å². The monoisotopic (exact) mass is 486 g/mol. The molecule has 4 aromatic rings. The number of nitrogens with one attached hydrogen (secondary N) is 1. The Labute approximate surface area is 210 Å². The molecule has 1 N–H and O–H groups in total. The molecule has 0 fully saturated rings. The lowest BCUT2D eigenvalue weighted by Crippen LogP contribution is -2.25.